The highest BCUT2D eigenvalue weighted by molar-refractivity contribution is 5.78. The highest BCUT2D eigenvalue weighted by Gasteiger charge is 2.19. The molecule has 1 aromatic rings. The third kappa shape index (κ3) is 4.88. The van der Waals surface area contributed by atoms with Crippen molar-refractivity contribution in [2.45, 2.75) is 38.6 Å². The first-order valence-corrected chi connectivity index (χ1v) is 6.79. The van der Waals surface area contributed by atoms with Crippen molar-refractivity contribution in [3.8, 4) is 0 Å². The molecule has 1 amide bonds. The first kappa shape index (κ1) is 13.1. The van der Waals surface area contributed by atoms with Gasteiger partial charge in [-0.3, -0.25) is 4.79 Å². The van der Waals surface area contributed by atoms with Crippen molar-refractivity contribution in [1.29, 1.82) is 0 Å². The monoisotopic (exact) mass is 246 g/mol. The van der Waals surface area contributed by atoms with Gasteiger partial charge in [-0.05, 0) is 38.3 Å². The summed E-state index contributed by atoms with van der Waals surface area (Å²) in [5.41, 5.74) is 2.31. The van der Waals surface area contributed by atoms with Gasteiger partial charge in [-0.2, -0.15) is 0 Å². The predicted molar refractivity (Wildman–Crippen MR) is 73.5 cm³/mol. The molecule has 0 spiro atoms. The van der Waals surface area contributed by atoms with Crippen LogP contribution in [0.15, 0.2) is 24.3 Å². The maximum atomic E-state index is 11.7. The van der Waals surface area contributed by atoms with Gasteiger partial charge in [0.1, 0.15) is 0 Å². The molecule has 98 valence electrons. The van der Waals surface area contributed by atoms with Crippen LogP contribution >= 0.6 is 0 Å². The predicted octanol–water partition coefficient (Wildman–Crippen LogP) is 1.80. The van der Waals surface area contributed by atoms with Gasteiger partial charge in [0.2, 0.25) is 5.91 Å². The fourth-order valence-electron chi connectivity index (χ4n) is 1.86. The minimum Gasteiger partial charge on any atom is -0.356 e. The van der Waals surface area contributed by atoms with Gasteiger partial charge >= 0.3 is 0 Å². The lowest BCUT2D eigenvalue weighted by atomic mass is 10.1. The lowest BCUT2D eigenvalue weighted by Crippen LogP contribution is -2.29. The highest BCUT2D eigenvalue weighted by atomic mass is 16.1. The number of nitrogens with one attached hydrogen (secondary N) is 2. The second-order valence-corrected chi connectivity index (χ2v) is 5.09. The number of rotatable bonds is 7. The summed E-state index contributed by atoms with van der Waals surface area (Å²) in [7, 11) is 0. The Balaban J connectivity index is 1.57. The molecule has 18 heavy (non-hydrogen) atoms. The van der Waals surface area contributed by atoms with Crippen molar-refractivity contribution in [2.24, 2.45) is 0 Å². The molecule has 2 rings (SSSR count). The van der Waals surface area contributed by atoms with Crippen LogP contribution in [0.25, 0.3) is 0 Å². The van der Waals surface area contributed by atoms with E-state index >= 15 is 0 Å². The molecule has 1 aliphatic rings. The van der Waals surface area contributed by atoms with E-state index in [0.29, 0.717) is 6.42 Å². The largest absolute Gasteiger partial charge is 0.356 e. The quantitative estimate of drug-likeness (QED) is 0.720. The lowest BCUT2D eigenvalue weighted by Gasteiger charge is -2.06. The standard InChI is InChI=1S/C15H22N2O/c1-12-3-5-13(6-4-12)11-15(18)17-10-2-9-16-14-7-8-14/h3-6,14,16H,2,7-11H2,1H3,(H,17,18). The molecule has 0 bridgehead atoms. The van der Waals surface area contributed by atoms with Crippen LogP contribution in [0.4, 0.5) is 0 Å². The van der Waals surface area contributed by atoms with E-state index in [0.717, 1.165) is 31.1 Å². The summed E-state index contributed by atoms with van der Waals surface area (Å²) >= 11 is 0. The van der Waals surface area contributed by atoms with E-state index in [1.165, 1.54) is 18.4 Å². The van der Waals surface area contributed by atoms with Gasteiger partial charge in [-0.15, -0.1) is 0 Å². The average molecular weight is 246 g/mol. The number of carbonyl (C=O) groups excluding carboxylic acids is 1. The molecule has 0 heterocycles. The fraction of sp³-hybridized carbons (Fsp3) is 0.533. The Morgan fingerprint density at radius 3 is 2.61 bits per heavy atom. The van der Waals surface area contributed by atoms with Crippen LogP contribution < -0.4 is 10.6 Å². The van der Waals surface area contributed by atoms with E-state index in [1.54, 1.807) is 0 Å². The zero-order chi connectivity index (χ0) is 12.8. The van der Waals surface area contributed by atoms with Crippen LogP contribution in [0, 0.1) is 6.92 Å². The third-order valence-electron chi connectivity index (χ3n) is 3.17. The molecule has 1 fully saturated rings. The lowest BCUT2D eigenvalue weighted by molar-refractivity contribution is -0.120. The number of hydrogen-bond acceptors (Lipinski definition) is 2. The maximum Gasteiger partial charge on any atom is 0.224 e. The molecule has 1 aliphatic carbocycles. The Hall–Kier alpha value is -1.35. The second-order valence-electron chi connectivity index (χ2n) is 5.09. The van der Waals surface area contributed by atoms with Crippen molar-refractivity contribution in [3.63, 3.8) is 0 Å². The van der Waals surface area contributed by atoms with Gasteiger partial charge in [-0.1, -0.05) is 29.8 Å². The third-order valence-corrected chi connectivity index (χ3v) is 3.17. The molecule has 2 N–H and O–H groups in total. The SMILES string of the molecule is Cc1ccc(CC(=O)NCCCNC2CC2)cc1. The van der Waals surface area contributed by atoms with Crippen LogP contribution in [-0.4, -0.2) is 25.0 Å². The average Bonchev–Trinajstić information content (AvgIpc) is 3.16. The molecule has 1 aromatic carbocycles. The molecular weight excluding hydrogens is 224 g/mol. The molecule has 3 nitrogen and oxygen atoms in total. The van der Waals surface area contributed by atoms with E-state index in [9.17, 15) is 4.79 Å². The first-order chi connectivity index (χ1) is 8.74. The van der Waals surface area contributed by atoms with Gasteiger partial charge in [0.05, 0.1) is 6.42 Å². The molecule has 0 radical (unpaired) electrons. The fourth-order valence-corrected chi connectivity index (χ4v) is 1.86. The number of amides is 1. The summed E-state index contributed by atoms with van der Waals surface area (Å²) in [5.74, 6) is 0.116. The summed E-state index contributed by atoms with van der Waals surface area (Å²) in [4.78, 5) is 11.7. The van der Waals surface area contributed by atoms with E-state index < -0.39 is 0 Å². The van der Waals surface area contributed by atoms with E-state index in [4.69, 9.17) is 0 Å². The highest BCUT2D eigenvalue weighted by Crippen LogP contribution is 2.18. The molecule has 0 aliphatic heterocycles. The summed E-state index contributed by atoms with van der Waals surface area (Å²) in [6.07, 6.45) is 4.13. The van der Waals surface area contributed by atoms with Crippen molar-refractivity contribution in [1.82, 2.24) is 10.6 Å². The zero-order valence-corrected chi connectivity index (χ0v) is 11.0. The normalized spacial score (nSPS) is 14.5. The Morgan fingerprint density at radius 1 is 1.22 bits per heavy atom. The molecule has 0 aromatic heterocycles. The summed E-state index contributed by atoms with van der Waals surface area (Å²) in [6, 6.07) is 8.88. The molecule has 0 saturated heterocycles. The topological polar surface area (TPSA) is 41.1 Å². The van der Waals surface area contributed by atoms with Gasteiger partial charge in [0, 0.05) is 12.6 Å². The maximum absolute atomic E-state index is 11.7. The van der Waals surface area contributed by atoms with E-state index in [2.05, 4.69) is 17.6 Å². The van der Waals surface area contributed by atoms with Crippen LogP contribution in [0.2, 0.25) is 0 Å². The molecule has 1 saturated carbocycles. The second kappa shape index (κ2) is 6.55. The molecule has 0 unspecified atom stereocenters. The molecule has 0 atom stereocenters. The summed E-state index contributed by atoms with van der Waals surface area (Å²) in [6.45, 7) is 3.83. The van der Waals surface area contributed by atoms with Crippen LogP contribution in [0.5, 0.6) is 0 Å². The molecule has 3 heteroatoms. The van der Waals surface area contributed by atoms with E-state index in [1.807, 2.05) is 24.3 Å². The van der Waals surface area contributed by atoms with Gasteiger partial charge in [0.15, 0.2) is 0 Å². The van der Waals surface area contributed by atoms with Gasteiger partial charge in [0.25, 0.3) is 0 Å². The number of benzene rings is 1. The minimum absolute atomic E-state index is 0.116. The summed E-state index contributed by atoms with van der Waals surface area (Å²) in [5, 5.41) is 6.40. The Labute approximate surface area is 109 Å². The van der Waals surface area contributed by atoms with Gasteiger partial charge in [-0.25, -0.2) is 0 Å². The van der Waals surface area contributed by atoms with Crippen LogP contribution in [-0.2, 0) is 11.2 Å². The Morgan fingerprint density at radius 2 is 1.94 bits per heavy atom. The number of aryl methyl sites for hydroxylation is 1. The minimum atomic E-state index is 0.116. The van der Waals surface area contributed by atoms with Crippen LogP contribution in [0.3, 0.4) is 0 Å². The number of carbonyl (C=O) groups is 1. The van der Waals surface area contributed by atoms with Crippen molar-refractivity contribution in [2.75, 3.05) is 13.1 Å². The summed E-state index contributed by atoms with van der Waals surface area (Å²) < 4.78 is 0. The van der Waals surface area contributed by atoms with Crippen molar-refractivity contribution >= 4 is 5.91 Å². The smallest absolute Gasteiger partial charge is 0.224 e. The molecular formula is C15H22N2O. The van der Waals surface area contributed by atoms with Crippen molar-refractivity contribution in [3.05, 3.63) is 35.4 Å². The Kier molecular flexibility index (Phi) is 4.76. The Bertz CT molecular complexity index is 382. The van der Waals surface area contributed by atoms with Crippen molar-refractivity contribution < 1.29 is 4.79 Å². The van der Waals surface area contributed by atoms with Gasteiger partial charge < -0.3 is 10.6 Å². The van der Waals surface area contributed by atoms with E-state index in [-0.39, 0.29) is 5.91 Å². The zero-order valence-electron chi connectivity index (χ0n) is 11.0. The first-order valence-electron chi connectivity index (χ1n) is 6.79. The van der Waals surface area contributed by atoms with Crippen LogP contribution in [0.1, 0.15) is 30.4 Å². The number of hydrogen-bond donors (Lipinski definition) is 2.